The Balaban J connectivity index is 2.55. The summed E-state index contributed by atoms with van der Waals surface area (Å²) < 4.78 is 9.85. The van der Waals surface area contributed by atoms with Gasteiger partial charge in [0.05, 0.1) is 7.11 Å². The highest BCUT2D eigenvalue weighted by Crippen LogP contribution is 2.13. The highest BCUT2D eigenvalue weighted by Gasteiger charge is 2.30. The molecule has 0 radical (unpaired) electrons. The van der Waals surface area contributed by atoms with Crippen LogP contribution in [0.1, 0.15) is 33.6 Å². The smallest absolute Gasteiger partial charge is 0.424 e. The van der Waals surface area contributed by atoms with Crippen LogP contribution in [0.4, 0.5) is 4.79 Å². The van der Waals surface area contributed by atoms with Crippen LogP contribution in [-0.4, -0.2) is 42.4 Å². The Morgan fingerprint density at radius 1 is 1.35 bits per heavy atom. The molecule has 0 aromatic carbocycles. The fourth-order valence-corrected chi connectivity index (χ4v) is 1.54. The van der Waals surface area contributed by atoms with E-state index >= 15 is 0 Å². The molecule has 0 aromatic rings. The third-order valence-corrected chi connectivity index (χ3v) is 2.29. The number of methoxy groups -OCH3 is 1. The first kappa shape index (κ1) is 13.8. The van der Waals surface area contributed by atoms with Crippen LogP contribution in [0.15, 0.2) is 0 Å². The summed E-state index contributed by atoms with van der Waals surface area (Å²) in [6.07, 6.45) is 0.934. The third-order valence-electron chi connectivity index (χ3n) is 2.29. The van der Waals surface area contributed by atoms with Gasteiger partial charge in [0.15, 0.2) is 0 Å². The van der Waals surface area contributed by atoms with E-state index in [1.54, 1.807) is 20.8 Å². The van der Waals surface area contributed by atoms with E-state index in [1.807, 2.05) is 0 Å². The van der Waals surface area contributed by atoms with E-state index < -0.39 is 17.7 Å². The van der Waals surface area contributed by atoms with E-state index in [-0.39, 0.29) is 5.97 Å². The summed E-state index contributed by atoms with van der Waals surface area (Å²) in [6.45, 7) is 5.92. The summed E-state index contributed by atoms with van der Waals surface area (Å²) in [5.74, 6) is -0.363. The Morgan fingerprint density at radius 3 is 2.53 bits per heavy atom. The van der Waals surface area contributed by atoms with Crippen molar-refractivity contribution in [2.75, 3.05) is 13.7 Å². The van der Waals surface area contributed by atoms with Gasteiger partial charge in [0.2, 0.25) is 0 Å². The monoisotopic (exact) mass is 244 g/mol. The molecule has 0 aromatic heterocycles. The van der Waals surface area contributed by atoms with Gasteiger partial charge >= 0.3 is 12.1 Å². The fourth-order valence-electron chi connectivity index (χ4n) is 1.54. The number of carbonyl (C=O) groups excluding carboxylic acids is 2. The van der Waals surface area contributed by atoms with Gasteiger partial charge in [0.25, 0.3) is 0 Å². The molecule has 0 saturated carbocycles. The number of hydrogen-bond acceptors (Lipinski definition) is 5. The van der Waals surface area contributed by atoms with Crippen LogP contribution in [0, 0.1) is 0 Å². The van der Waals surface area contributed by atoms with Gasteiger partial charge in [0, 0.05) is 6.54 Å². The lowest BCUT2D eigenvalue weighted by Crippen LogP contribution is -2.56. The fraction of sp³-hybridized carbons (Fsp3) is 0.818. The number of esters is 1. The molecular weight excluding hydrogens is 224 g/mol. The van der Waals surface area contributed by atoms with Crippen molar-refractivity contribution < 1.29 is 19.1 Å². The van der Waals surface area contributed by atoms with Crippen molar-refractivity contribution in [2.24, 2.45) is 0 Å². The summed E-state index contributed by atoms with van der Waals surface area (Å²) in [7, 11) is 1.33. The molecule has 1 rings (SSSR count). The molecule has 0 bridgehead atoms. The van der Waals surface area contributed by atoms with E-state index in [0.717, 1.165) is 6.42 Å². The number of nitrogens with one attached hydrogen (secondary N) is 1. The van der Waals surface area contributed by atoms with Gasteiger partial charge in [-0.05, 0) is 33.6 Å². The first-order valence-electron chi connectivity index (χ1n) is 5.68. The minimum atomic E-state index is -0.545. The lowest BCUT2D eigenvalue weighted by atomic mass is 10.1. The highest BCUT2D eigenvalue weighted by molar-refractivity contribution is 5.76. The van der Waals surface area contributed by atoms with Gasteiger partial charge in [-0.15, -0.1) is 0 Å². The molecule has 1 amide bonds. The molecule has 1 N–H and O–H groups in total. The minimum absolute atomic E-state index is 0.363. The van der Waals surface area contributed by atoms with Crippen LogP contribution in [0.25, 0.3) is 0 Å². The second-order valence-electron chi connectivity index (χ2n) is 4.98. The molecule has 1 aliphatic rings. The SMILES string of the molecule is COC(=O)[C@@H]1CCCN(C(=O)OC(C)(C)C)N1. The van der Waals surface area contributed by atoms with Crippen LogP contribution in [0.2, 0.25) is 0 Å². The average molecular weight is 244 g/mol. The zero-order valence-corrected chi connectivity index (χ0v) is 10.8. The van der Waals surface area contributed by atoms with E-state index in [1.165, 1.54) is 12.1 Å². The number of amides is 1. The van der Waals surface area contributed by atoms with E-state index in [4.69, 9.17) is 4.74 Å². The van der Waals surface area contributed by atoms with Crippen molar-refractivity contribution in [2.45, 2.75) is 45.3 Å². The normalized spacial score (nSPS) is 20.9. The Morgan fingerprint density at radius 2 is 2.00 bits per heavy atom. The van der Waals surface area contributed by atoms with Crippen molar-refractivity contribution in [1.82, 2.24) is 10.4 Å². The zero-order valence-electron chi connectivity index (χ0n) is 10.8. The molecule has 1 aliphatic heterocycles. The molecule has 1 atom stereocenters. The van der Waals surface area contributed by atoms with Crippen LogP contribution in [0.3, 0.4) is 0 Å². The van der Waals surface area contributed by atoms with Crippen LogP contribution in [-0.2, 0) is 14.3 Å². The summed E-state index contributed by atoms with van der Waals surface area (Å²) in [6, 6.07) is -0.471. The molecule has 1 fully saturated rings. The number of carbonyl (C=O) groups is 2. The number of hydrogen-bond donors (Lipinski definition) is 1. The zero-order chi connectivity index (χ0) is 13.1. The Labute approximate surface area is 101 Å². The molecular formula is C11H20N2O4. The van der Waals surface area contributed by atoms with Crippen LogP contribution >= 0.6 is 0 Å². The summed E-state index contributed by atoms with van der Waals surface area (Å²) in [5.41, 5.74) is 2.27. The van der Waals surface area contributed by atoms with Gasteiger partial charge in [0.1, 0.15) is 11.6 Å². The Bertz CT molecular complexity index is 298. The van der Waals surface area contributed by atoms with Crippen molar-refractivity contribution >= 4 is 12.1 Å². The van der Waals surface area contributed by atoms with Gasteiger partial charge in [-0.1, -0.05) is 0 Å². The number of nitrogens with zero attached hydrogens (tertiary/aromatic N) is 1. The average Bonchev–Trinajstić information content (AvgIpc) is 2.26. The molecule has 0 unspecified atom stereocenters. The largest absolute Gasteiger partial charge is 0.468 e. The topological polar surface area (TPSA) is 67.9 Å². The summed E-state index contributed by atoms with van der Waals surface area (Å²) >= 11 is 0. The maximum Gasteiger partial charge on any atom is 0.424 e. The molecule has 1 saturated heterocycles. The molecule has 6 heteroatoms. The number of hydrazine groups is 1. The van der Waals surface area contributed by atoms with Crippen molar-refractivity contribution in [3.05, 3.63) is 0 Å². The quantitative estimate of drug-likeness (QED) is 0.699. The highest BCUT2D eigenvalue weighted by atomic mass is 16.6. The molecule has 6 nitrogen and oxygen atoms in total. The van der Waals surface area contributed by atoms with Crippen molar-refractivity contribution in [1.29, 1.82) is 0 Å². The molecule has 0 aliphatic carbocycles. The Hall–Kier alpha value is -1.30. The second-order valence-corrected chi connectivity index (χ2v) is 4.98. The number of rotatable bonds is 1. The van der Waals surface area contributed by atoms with Gasteiger partial charge in [-0.25, -0.2) is 15.2 Å². The first-order chi connectivity index (χ1) is 7.83. The predicted octanol–water partition coefficient (Wildman–Crippen LogP) is 1.06. The first-order valence-corrected chi connectivity index (χ1v) is 5.68. The second kappa shape index (κ2) is 5.35. The molecule has 17 heavy (non-hydrogen) atoms. The molecule has 98 valence electrons. The molecule has 1 heterocycles. The third kappa shape index (κ3) is 4.22. The van der Waals surface area contributed by atoms with Crippen LogP contribution < -0.4 is 5.43 Å². The standard InChI is InChI=1S/C11H20N2O4/c1-11(2,3)17-10(15)13-7-5-6-8(12-13)9(14)16-4/h8,12H,5-7H2,1-4H3/t8-/m0/s1. The summed E-state index contributed by atoms with van der Waals surface area (Å²) in [5, 5.41) is 1.33. The van der Waals surface area contributed by atoms with Crippen LogP contribution in [0.5, 0.6) is 0 Å². The maximum absolute atomic E-state index is 11.8. The number of ether oxygens (including phenoxy) is 2. The van der Waals surface area contributed by atoms with E-state index in [9.17, 15) is 9.59 Å². The van der Waals surface area contributed by atoms with E-state index in [0.29, 0.717) is 13.0 Å². The predicted molar refractivity (Wildman–Crippen MR) is 61.1 cm³/mol. The minimum Gasteiger partial charge on any atom is -0.468 e. The Kier molecular flexibility index (Phi) is 4.34. The van der Waals surface area contributed by atoms with Gasteiger partial charge in [-0.2, -0.15) is 0 Å². The van der Waals surface area contributed by atoms with Crippen molar-refractivity contribution in [3.63, 3.8) is 0 Å². The lowest BCUT2D eigenvalue weighted by Gasteiger charge is -2.33. The van der Waals surface area contributed by atoms with Gasteiger partial charge in [-0.3, -0.25) is 4.79 Å². The molecule has 0 spiro atoms. The van der Waals surface area contributed by atoms with Gasteiger partial charge < -0.3 is 9.47 Å². The maximum atomic E-state index is 11.8. The summed E-state index contributed by atoms with van der Waals surface area (Å²) in [4.78, 5) is 23.1. The van der Waals surface area contributed by atoms with Crippen molar-refractivity contribution in [3.8, 4) is 0 Å². The lowest BCUT2D eigenvalue weighted by molar-refractivity contribution is -0.145. The van der Waals surface area contributed by atoms with E-state index in [2.05, 4.69) is 10.2 Å².